The van der Waals surface area contributed by atoms with Crippen molar-refractivity contribution < 1.29 is 26.7 Å². The first-order valence-electron chi connectivity index (χ1n) is 6.50. The molecule has 0 aliphatic carbocycles. The molecule has 1 N–H and O–H groups in total. The number of carbonyl (C=O) groups excluding carboxylic acids is 1. The zero-order valence-corrected chi connectivity index (χ0v) is 14.1. The molecule has 1 aliphatic heterocycles. The van der Waals surface area contributed by atoms with Crippen molar-refractivity contribution in [2.24, 2.45) is 0 Å². The van der Waals surface area contributed by atoms with E-state index in [0.29, 0.717) is 0 Å². The molecule has 0 spiro atoms. The normalized spacial score (nSPS) is 19.3. The number of alkyl halides is 5. The lowest BCUT2D eigenvalue weighted by Crippen LogP contribution is -2.41. The van der Waals surface area contributed by atoms with Crippen LogP contribution in [-0.4, -0.2) is 52.1 Å². The third-order valence-electron chi connectivity index (χ3n) is 3.31. The van der Waals surface area contributed by atoms with E-state index in [1.807, 2.05) is 0 Å². The Labute approximate surface area is 147 Å². The minimum absolute atomic E-state index is 0. The Morgan fingerprint density at radius 3 is 2.58 bits per heavy atom. The van der Waals surface area contributed by atoms with Gasteiger partial charge in [-0.05, 0) is 0 Å². The lowest BCUT2D eigenvalue weighted by atomic mass is 10.1. The molecule has 1 atom stereocenters. The molecule has 5 nitrogen and oxygen atoms in total. The van der Waals surface area contributed by atoms with Crippen molar-refractivity contribution in [1.82, 2.24) is 19.8 Å². The van der Waals surface area contributed by atoms with Gasteiger partial charge < -0.3 is 9.47 Å². The van der Waals surface area contributed by atoms with Crippen LogP contribution in [-0.2, 0) is 17.9 Å². The van der Waals surface area contributed by atoms with Crippen LogP contribution in [0.25, 0.3) is 0 Å². The fraction of sp³-hybridized carbons (Fsp3) is 0.667. The SMILES string of the molecule is CN(Cc1nccn1CC(F)(F)F)C(=O)C1CC(F)(F)CN1.Cl.Cl. The highest BCUT2D eigenvalue weighted by Crippen LogP contribution is 2.26. The zero-order chi connectivity index (χ0) is 16.5. The molecule has 0 bridgehead atoms. The van der Waals surface area contributed by atoms with Crippen molar-refractivity contribution in [3.8, 4) is 0 Å². The van der Waals surface area contributed by atoms with Crippen LogP contribution in [0.15, 0.2) is 12.4 Å². The fourth-order valence-electron chi connectivity index (χ4n) is 2.28. The van der Waals surface area contributed by atoms with Gasteiger partial charge in [0.15, 0.2) is 0 Å². The number of nitrogens with zero attached hydrogens (tertiary/aromatic N) is 3. The fourth-order valence-corrected chi connectivity index (χ4v) is 2.28. The Hall–Kier alpha value is -1.13. The Balaban J connectivity index is 0.00000264. The number of hydrogen-bond donors (Lipinski definition) is 1. The summed E-state index contributed by atoms with van der Waals surface area (Å²) in [6.07, 6.45) is -2.68. The molecule has 0 radical (unpaired) electrons. The standard InChI is InChI=1S/C12H15F5N4O.2ClH/c1-20(10(22)8-4-11(13,14)6-19-8)5-9-18-2-3-21(9)7-12(15,16)17;;/h2-3,8,19H,4-7H2,1H3;2*1H. The van der Waals surface area contributed by atoms with Crippen molar-refractivity contribution in [3.63, 3.8) is 0 Å². The topological polar surface area (TPSA) is 50.2 Å². The van der Waals surface area contributed by atoms with E-state index in [1.54, 1.807) is 0 Å². The van der Waals surface area contributed by atoms with Crippen LogP contribution in [0.2, 0.25) is 0 Å². The van der Waals surface area contributed by atoms with E-state index in [1.165, 1.54) is 13.2 Å². The van der Waals surface area contributed by atoms with E-state index in [0.717, 1.165) is 15.7 Å². The summed E-state index contributed by atoms with van der Waals surface area (Å²) in [5.41, 5.74) is 0. The van der Waals surface area contributed by atoms with Gasteiger partial charge in [0.25, 0.3) is 5.92 Å². The van der Waals surface area contributed by atoms with E-state index < -0.39 is 43.6 Å². The molecule has 0 aromatic carbocycles. The summed E-state index contributed by atoms with van der Waals surface area (Å²) >= 11 is 0. The lowest BCUT2D eigenvalue weighted by molar-refractivity contribution is -0.141. The average molecular weight is 399 g/mol. The Kier molecular flexibility index (Phi) is 7.91. The maximum Gasteiger partial charge on any atom is 0.406 e. The number of amides is 1. The lowest BCUT2D eigenvalue weighted by Gasteiger charge is -2.21. The molecule has 1 amide bonds. The van der Waals surface area contributed by atoms with E-state index in [-0.39, 0.29) is 37.2 Å². The predicted octanol–water partition coefficient (Wildman–Crippen LogP) is 2.24. The van der Waals surface area contributed by atoms with Gasteiger partial charge >= 0.3 is 6.18 Å². The number of aromatic nitrogens is 2. The Morgan fingerprint density at radius 2 is 2.08 bits per heavy atom. The third-order valence-corrected chi connectivity index (χ3v) is 3.31. The van der Waals surface area contributed by atoms with Gasteiger partial charge in [-0.1, -0.05) is 0 Å². The molecule has 1 aromatic rings. The van der Waals surface area contributed by atoms with Gasteiger partial charge in [0.2, 0.25) is 5.91 Å². The average Bonchev–Trinajstić information content (AvgIpc) is 2.93. The van der Waals surface area contributed by atoms with Gasteiger partial charge in [0, 0.05) is 25.9 Å². The maximum absolute atomic E-state index is 13.1. The summed E-state index contributed by atoms with van der Waals surface area (Å²) in [5.74, 6) is -3.51. The zero-order valence-electron chi connectivity index (χ0n) is 12.5. The van der Waals surface area contributed by atoms with Crippen molar-refractivity contribution >= 4 is 30.7 Å². The van der Waals surface area contributed by atoms with Crippen molar-refractivity contribution in [3.05, 3.63) is 18.2 Å². The molecule has 24 heavy (non-hydrogen) atoms. The van der Waals surface area contributed by atoms with Crippen LogP contribution in [0.4, 0.5) is 22.0 Å². The van der Waals surface area contributed by atoms with Gasteiger partial charge in [-0.2, -0.15) is 13.2 Å². The molecule has 12 heteroatoms. The second-order valence-electron chi connectivity index (χ2n) is 5.27. The molecule has 1 unspecified atom stereocenters. The van der Waals surface area contributed by atoms with Gasteiger partial charge in [-0.3, -0.25) is 10.1 Å². The molecule has 2 heterocycles. The highest BCUT2D eigenvalue weighted by molar-refractivity contribution is 5.85. The number of carbonyl (C=O) groups is 1. The molecule has 0 saturated carbocycles. The Bertz CT molecular complexity index is 552. The summed E-state index contributed by atoms with van der Waals surface area (Å²) in [6.45, 7) is -1.99. The number of imidazole rings is 1. The molecular weight excluding hydrogens is 382 g/mol. The number of hydrogen-bond acceptors (Lipinski definition) is 3. The molecule has 1 fully saturated rings. The number of likely N-dealkylation sites (N-methyl/N-ethyl adjacent to an activating group) is 1. The van der Waals surface area contributed by atoms with E-state index >= 15 is 0 Å². The van der Waals surface area contributed by atoms with Crippen LogP contribution in [0, 0.1) is 0 Å². The van der Waals surface area contributed by atoms with Gasteiger partial charge in [-0.15, -0.1) is 24.8 Å². The third kappa shape index (κ3) is 6.06. The van der Waals surface area contributed by atoms with Gasteiger partial charge in [0.05, 0.1) is 19.1 Å². The molecule has 1 saturated heterocycles. The number of nitrogens with one attached hydrogen (secondary N) is 1. The van der Waals surface area contributed by atoms with E-state index in [4.69, 9.17) is 0 Å². The van der Waals surface area contributed by atoms with E-state index in [2.05, 4.69) is 10.3 Å². The highest BCUT2D eigenvalue weighted by atomic mass is 35.5. The number of rotatable bonds is 4. The number of halogens is 7. The van der Waals surface area contributed by atoms with Crippen LogP contribution >= 0.6 is 24.8 Å². The summed E-state index contributed by atoms with van der Waals surface area (Å²) in [7, 11) is 1.34. The largest absolute Gasteiger partial charge is 0.406 e. The first-order chi connectivity index (χ1) is 10.1. The first-order valence-corrected chi connectivity index (χ1v) is 6.50. The molecule has 2 rings (SSSR count). The quantitative estimate of drug-likeness (QED) is 0.791. The van der Waals surface area contributed by atoms with Crippen molar-refractivity contribution in [2.45, 2.75) is 37.7 Å². The summed E-state index contributed by atoms with van der Waals surface area (Å²) in [6, 6.07) is -1.04. The van der Waals surface area contributed by atoms with Crippen molar-refractivity contribution in [2.75, 3.05) is 13.6 Å². The minimum atomic E-state index is -4.41. The second kappa shape index (κ2) is 8.30. The van der Waals surface area contributed by atoms with Crippen LogP contribution in [0.5, 0.6) is 0 Å². The first kappa shape index (κ1) is 22.9. The maximum atomic E-state index is 13.1. The summed E-state index contributed by atoms with van der Waals surface area (Å²) in [5, 5.41) is 2.41. The predicted molar refractivity (Wildman–Crippen MR) is 80.6 cm³/mol. The van der Waals surface area contributed by atoms with Gasteiger partial charge in [-0.25, -0.2) is 13.8 Å². The van der Waals surface area contributed by atoms with Crippen LogP contribution < -0.4 is 5.32 Å². The molecular formula is C12H17Cl2F5N4O. The van der Waals surface area contributed by atoms with Crippen molar-refractivity contribution in [1.29, 1.82) is 0 Å². The smallest absolute Gasteiger partial charge is 0.337 e. The Morgan fingerprint density at radius 1 is 1.46 bits per heavy atom. The second-order valence-corrected chi connectivity index (χ2v) is 5.27. The van der Waals surface area contributed by atoms with Crippen LogP contribution in [0.1, 0.15) is 12.2 Å². The summed E-state index contributed by atoms with van der Waals surface area (Å²) in [4.78, 5) is 16.9. The highest BCUT2D eigenvalue weighted by Gasteiger charge is 2.43. The monoisotopic (exact) mass is 398 g/mol. The summed E-state index contributed by atoms with van der Waals surface area (Å²) < 4.78 is 64.2. The molecule has 1 aromatic heterocycles. The molecule has 140 valence electrons. The molecule has 1 aliphatic rings. The van der Waals surface area contributed by atoms with E-state index in [9.17, 15) is 26.7 Å². The minimum Gasteiger partial charge on any atom is -0.337 e. The van der Waals surface area contributed by atoms with Crippen LogP contribution in [0.3, 0.4) is 0 Å². The van der Waals surface area contributed by atoms with Gasteiger partial charge in [0.1, 0.15) is 12.4 Å².